The first-order valence-corrected chi connectivity index (χ1v) is 10.3. The van der Waals surface area contributed by atoms with Gasteiger partial charge in [-0.05, 0) is 43.5 Å². The minimum absolute atomic E-state index is 0.161. The van der Waals surface area contributed by atoms with Gasteiger partial charge in [-0.2, -0.15) is 13.2 Å². The molecule has 6 nitrogen and oxygen atoms in total. The van der Waals surface area contributed by atoms with Crippen molar-refractivity contribution in [2.75, 3.05) is 31.1 Å². The van der Waals surface area contributed by atoms with Crippen LogP contribution in [0.25, 0.3) is 0 Å². The van der Waals surface area contributed by atoms with Crippen molar-refractivity contribution in [3.63, 3.8) is 0 Å². The van der Waals surface area contributed by atoms with Crippen molar-refractivity contribution in [3.05, 3.63) is 41.2 Å². The van der Waals surface area contributed by atoms with E-state index in [4.69, 9.17) is 9.90 Å². The first-order valence-electron chi connectivity index (χ1n) is 9.45. The van der Waals surface area contributed by atoms with Crippen LogP contribution >= 0.6 is 11.3 Å². The molecule has 2 saturated heterocycles. The molecule has 1 aromatic heterocycles. The molecule has 0 aliphatic carbocycles. The summed E-state index contributed by atoms with van der Waals surface area (Å²) in [5.74, 6) is -2.92. The molecule has 0 radical (unpaired) electrons. The van der Waals surface area contributed by atoms with Gasteiger partial charge in [0.25, 0.3) is 0 Å². The predicted octanol–water partition coefficient (Wildman–Crippen LogP) is 3.80. The highest BCUT2D eigenvalue weighted by molar-refractivity contribution is 7.13. The minimum atomic E-state index is -5.08. The SMILES string of the molecule is Fc1ccc(CN2CCC3(CCCN(c4nncs4)C3)C2)cc1.O=C(O)C(F)(F)F. The summed E-state index contributed by atoms with van der Waals surface area (Å²) in [6.07, 6.45) is -1.32. The molecule has 1 spiro atoms. The maximum absolute atomic E-state index is 13.0. The van der Waals surface area contributed by atoms with Gasteiger partial charge in [-0.15, -0.1) is 10.2 Å². The lowest BCUT2D eigenvalue weighted by Gasteiger charge is -2.40. The molecule has 2 aromatic rings. The lowest BCUT2D eigenvalue weighted by atomic mass is 9.79. The lowest BCUT2D eigenvalue weighted by molar-refractivity contribution is -0.192. The third kappa shape index (κ3) is 5.88. The summed E-state index contributed by atoms with van der Waals surface area (Å²) < 4.78 is 44.8. The Kier molecular flexibility index (Phi) is 6.91. The van der Waals surface area contributed by atoms with E-state index in [1.54, 1.807) is 23.5 Å². The van der Waals surface area contributed by atoms with Gasteiger partial charge >= 0.3 is 12.1 Å². The molecule has 1 aromatic carbocycles. The van der Waals surface area contributed by atoms with Crippen LogP contribution in [-0.4, -0.2) is 58.5 Å². The van der Waals surface area contributed by atoms with E-state index in [0.29, 0.717) is 5.41 Å². The normalized spacial score (nSPS) is 22.1. The number of aliphatic carboxylic acids is 1. The van der Waals surface area contributed by atoms with E-state index in [1.165, 1.54) is 24.8 Å². The molecule has 0 bridgehead atoms. The maximum atomic E-state index is 13.0. The van der Waals surface area contributed by atoms with Crippen LogP contribution in [0.2, 0.25) is 0 Å². The monoisotopic (exact) mass is 446 g/mol. The van der Waals surface area contributed by atoms with Gasteiger partial charge in [-0.3, -0.25) is 4.90 Å². The summed E-state index contributed by atoms with van der Waals surface area (Å²) in [5.41, 5.74) is 3.39. The Morgan fingerprint density at radius 2 is 1.87 bits per heavy atom. The van der Waals surface area contributed by atoms with Gasteiger partial charge in [-0.1, -0.05) is 23.5 Å². The standard InChI is InChI=1S/C17H21FN4S.C2HF3O2/c18-15-4-2-14(3-5-15)10-21-9-7-17(11-21)6-1-8-22(12-17)16-20-19-13-23-16;3-2(4,5)1(6)7/h2-5,13H,1,6-12H2;(H,6,7). The Morgan fingerprint density at radius 3 is 2.47 bits per heavy atom. The summed E-state index contributed by atoms with van der Waals surface area (Å²) >= 11 is 1.63. The second-order valence-corrected chi connectivity index (χ2v) is 8.45. The van der Waals surface area contributed by atoms with E-state index in [2.05, 4.69) is 20.0 Å². The molecule has 4 rings (SSSR count). The van der Waals surface area contributed by atoms with Gasteiger partial charge in [0.1, 0.15) is 11.3 Å². The number of alkyl halides is 3. The van der Waals surface area contributed by atoms with Gasteiger partial charge in [0, 0.05) is 31.6 Å². The number of halogens is 4. The van der Waals surface area contributed by atoms with E-state index in [0.717, 1.165) is 37.9 Å². The molecule has 0 saturated carbocycles. The van der Waals surface area contributed by atoms with Gasteiger partial charge in [-0.25, -0.2) is 9.18 Å². The molecule has 2 aliphatic rings. The summed E-state index contributed by atoms with van der Waals surface area (Å²) in [6.45, 7) is 5.35. The van der Waals surface area contributed by atoms with E-state index < -0.39 is 12.1 Å². The molecule has 30 heavy (non-hydrogen) atoms. The molecular weight excluding hydrogens is 424 g/mol. The Bertz CT molecular complexity index is 832. The minimum Gasteiger partial charge on any atom is -0.475 e. The van der Waals surface area contributed by atoms with Crippen molar-refractivity contribution in [3.8, 4) is 0 Å². The number of carboxylic acids is 1. The fraction of sp³-hybridized carbons (Fsp3) is 0.526. The van der Waals surface area contributed by atoms with Crippen LogP contribution in [0.3, 0.4) is 0 Å². The number of likely N-dealkylation sites (tertiary alicyclic amines) is 1. The highest BCUT2D eigenvalue weighted by Crippen LogP contribution is 2.40. The zero-order chi connectivity index (χ0) is 21.8. The average Bonchev–Trinajstić information content (AvgIpc) is 3.34. The van der Waals surface area contributed by atoms with E-state index in [1.807, 2.05) is 17.6 Å². The van der Waals surface area contributed by atoms with Crippen molar-refractivity contribution >= 4 is 22.4 Å². The van der Waals surface area contributed by atoms with Crippen LogP contribution < -0.4 is 4.90 Å². The Balaban J connectivity index is 0.000000318. The number of anilines is 1. The Hall–Kier alpha value is -2.27. The average molecular weight is 446 g/mol. The van der Waals surface area contributed by atoms with Crippen LogP contribution in [0, 0.1) is 11.2 Å². The van der Waals surface area contributed by atoms with Crippen LogP contribution in [0.15, 0.2) is 29.8 Å². The summed E-state index contributed by atoms with van der Waals surface area (Å²) in [6, 6.07) is 6.90. The molecule has 11 heteroatoms. The topological polar surface area (TPSA) is 69.6 Å². The van der Waals surface area contributed by atoms with Crippen molar-refractivity contribution in [1.82, 2.24) is 15.1 Å². The second kappa shape index (κ2) is 9.25. The number of carboxylic acid groups (broad SMARTS) is 1. The van der Waals surface area contributed by atoms with Gasteiger partial charge in [0.2, 0.25) is 5.13 Å². The van der Waals surface area contributed by atoms with Gasteiger partial charge in [0.15, 0.2) is 0 Å². The van der Waals surface area contributed by atoms with Crippen molar-refractivity contribution < 1.29 is 27.5 Å². The van der Waals surface area contributed by atoms with Crippen LogP contribution in [0.5, 0.6) is 0 Å². The molecule has 3 heterocycles. The molecule has 2 fully saturated rings. The first kappa shape index (κ1) is 22.4. The third-order valence-electron chi connectivity index (χ3n) is 5.36. The smallest absolute Gasteiger partial charge is 0.475 e. The van der Waals surface area contributed by atoms with E-state index in [-0.39, 0.29) is 5.82 Å². The Labute approximate surface area is 175 Å². The fourth-order valence-electron chi connectivity index (χ4n) is 4.02. The van der Waals surface area contributed by atoms with Crippen molar-refractivity contribution in [2.24, 2.45) is 5.41 Å². The highest BCUT2D eigenvalue weighted by Gasteiger charge is 2.41. The third-order valence-corrected chi connectivity index (χ3v) is 6.11. The Morgan fingerprint density at radius 1 is 1.17 bits per heavy atom. The summed E-state index contributed by atoms with van der Waals surface area (Å²) in [7, 11) is 0. The number of nitrogens with zero attached hydrogens (tertiary/aromatic N) is 4. The fourth-order valence-corrected chi connectivity index (χ4v) is 4.61. The largest absolute Gasteiger partial charge is 0.490 e. The quantitative estimate of drug-likeness (QED) is 0.724. The second-order valence-electron chi connectivity index (χ2n) is 7.64. The van der Waals surface area contributed by atoms with E-state index in [9.17, 15) is 17.6 Å². The van der Waals surface area contributed by atoms with E-state index >= 15 is 0 Å². The summed E-state index contributed by atoms with van der Waals surface area (Å²) in [4.78, 5) is 13.8. The lowest BCUT2D eigenvalue weighted by Crippen LogP contribution is -2.44. The van der Waals surface area contributed by atoms with Crippen LogP contribution in [-0.2, 0) is 11.3 Å². The number of benzene rings is 1. The number of piperidine rings is 1. The number of carbonyl (C=O) groups is 1. The molecule has 2 aliphatic heterocycles. The molecule has 164 valence electrons. The highest BCUT2D eigenvalue weighted by atomic mass is 32.1. The van der Waals surface area contributed by atoms with Gasteiger partial charge in [0.05, 0.1) is 0 Å². The number of rotatable bonds is 3. The molecule has 1 atom stereocenters. The van der Waals surface area contributed by atoms with Crippen LogP contribution in [0.4, 0.5) is 22.7 Å². The molecule has 1 N–H and O–H groups in total. The number of hydrogen-bond donors (Lipinski definition) is 1. The number of aromatic nitrogens is 2. The zero-order valence-corrected chi connectivity index (χ0v) is 16.9. The summed E-state index contributed by atoms with van der Waals surface area (Å²) in [5, 5.41) is 16.4. The van der Waals surface area contributed by atoms with Crippen molar-refractivity contribution in [2.45, 2.75) is 32.0 Å². The molecule has 1 unspecified atom stereocenters. The first-order chi connectivity index (χ1) is 14.2. The maximum Gasteiger partial charge on any atom is 0.490 e. The van der Waals surface area contributed by atoms with Gasteiger partial charge < -0.3 is 10.0 Å². The van der Waals surface area contributed by atoms with Crippen molar-refractivity contribution in [1.29, 1.82) is 0 Å². The number of hydrogen-bond acceptors (Lipinski definition) is 6. The predicted molar refractivity (Wildman–Crippen MR) is 104 cm³/mol. The van der Waals surface area contributed by atoms with Crippen LogP contribution in [0.1, 0.15) is 24.8 Å². The zero-order valence-electron chi connectivity index (χ0n) is 16.1. The molecule has 0 amide bonds. The molecular formula is C19H22F4N4O2S.